The molecule has 0 aliphatic carbocycles. The first-order valence-electron chi connectivity index (χ1n) is 7.65. The Kier molecular flexibility index (Phi) is 7.16. The second-order valence-electron chi connectivity index (χ2n) is 6.33. The number of hydrogen-bond acceptors (Lipinski definition) is 2. The summed E-state index contributed by atoms with van der Waals surface area (Å²) in [5.74, 6) is 2.50. The first kappa shape index (κ1) is 16.8. The number of hydrogen-bond donors (Lipinski definition) is 1. The molecule has 112 valence electrons. The number of carbonyl (C=O) groups is 1. The average molecular weight is 289 g/mol. The molecule has 2 fully saturated rings. The van der Waals surface area contributed by atoms with Crippen LogP contribution < -0.4 is 5.32 Å². The van der Waals surface area contributed by atoms with Crippen molar-refractivity contribution in [1.82, 2.24) is 10.2 Å². The minimum atomic E-state index is 0. The van der Waals surface area contributed by atoms with Crippen molar-refractivity contribution >= 4 is 18.3 Å². The summed E-state index contributed by atoms with van der Waals surface area (Å²) in [7, 11) is 0. The van der Waals surface area contributed by atoms with Crippen molar-refractivity contribution in [3.8, 4) is 0 Å². The van der Waals surface area contributed by atoms with Gasteiger partial charge in [-0.1, -0.05) is 13.8 Å². The molecule has 0 bridgehead atoms. The first-order chi connectivity index (χ1) is 8.66. The molecule has 0 spiro atoms. The summed E-state index contributed by atoms with van der Waals surface area (Å²) in [6.07, 6.45) is 5.62. The van der Waals surface area contributed by atoms with E-state index in [0.717, 1.165) is 44.4 Å². The monoisotopic (exact) mass is 288 g/mol. The second kappa shape index (κ2) is 8.11. The molecule has 3 nitrogen and oxygen atoms in total. The van der Waals surface area contributed by atoms with Crippen LogP contribution in [0.3, 0.4) is 0 Å². The van der Waals surface area contributed by atoms with Crippen molar-refractivity contribution in [1.29, 1.82) is 0 Å². The summed E-state index contributed by atoms with van der Waals surface area (Å²) in [5, 5.41) is 3.40. The minimum Gasteiger partial charge on any atom is -0.343 e. The predicted molar refractivity (Wildman–Crippen MR) is 81.6 cm³/mol. The largest absolute Gasteiger partial charge is 0.343 e. The third-order valence-corrected chi connectivity index (χ3v) is 4.82. The zero-order chi connectivity index (χ0) is 13.0. The Bertz CT molecular complexity index is 271. The first-order valence-corrected chi connectivity index (χ1v) is 7.65. The van der Waals surface area contributed by atoms with Crippen LogP contribution in [0.1, 0.15) is 46.0 Å². The summed E-state index contributed by atoms with van der Waals surface area (Å²) < 4.78 is 0. The van der Waals surface area contributed by atoms with E-state index >= 15 is 0 Å². The number of carbonyl (C=O) groups excluding carboxylic acids is 1. The highest BCUT2D eigenvalue weighted by Gasteiger charge is 2.25. The lowest BCUT2D eigenvalue weighted by molar-refractivity contribution is -0.133. The maximum atomic E-state index is 12.3. The fraction of sp³-hybridized carbons (Fsp3) is 0.933. The Morgan fingerprint density at radius 2 is 1.79 bits per heavy atom. The molecule has 2 heterocycles. The van der Waals surface area contributed by atoms with Crippen LogP contribution in [0, 0.1) is 17.8 Å². The van der Waals surface area contributed by atoms with Gasteiger partial charge in [0, 0.05) is 19.5 Å². The number of nitrogens with zero attached hydrogens (tertiary/aromatic N) is 1. The molecule has 2 aliphatic rings. The van der Waals surface area contributed by atoms with Gasteiger partial charge in [0.2, 0.25) is 5.91 Å². The fourth-order valence-electron chi connectivity index (χ4n) is 3.24. The van der Waals surface area contributed by atoms with Gasteiger partial charge in [-0.2, -0.15) is 0 Å². The maximum Gasteiger partial charge on any atom is 0.222 e. The quantitative estimate of drug-likeness (QED) is 0.866. The molecule has 0 radical (unpaired) electrons. The molecule has 1 atom stereocenters. The zero-order valence-corrected chi connectivity index (χ0v) is 13.2. The molecule has 1 unspecified atom stereocenters. The molecule has 2 aliphatic heterocycles. The van der Waals surface area contributed by atoms with Crippen LogP contribution in [0.4, 0.5) is 0 Å². The number of nitrogens with one attached hydrogen (secondary N) is 1. The minimum absolute atomic E-state index is 0. The van der Waals surface area contributed by atoms with Crippen LogP contribution in [0.25, 0.3) is 0 Å². The van der Waals surface area contributed by atoms with E-state index in [4.69, 9.17) is 0 Å². The van der Waals surface area contributed by atoms with Gasteiger partial charge < -0.3 is 10.2 Å². The van der Waals surface area contributed by atoms with E-state index in [1.165, 1.54) is 25.7 Å². The summed E-state index contributed by atoms with van der Waals surface area (Å²) in [4.78, 5) is 14.4. The van der Waals surface area contributed by atoms with Crippen molar-refractivity contribution in [3.05, 3.63) is 0 Å². The highest BCUT2D eigenvalue weighted by molar-refractivity contribution is 5.85. The number of rotatable bonds is 3. The Hall–Kier alpha value is -0.280. The molecule has 1 amide bonds. The van der Waals surface area contributed by atoms with Gasteiger partial charge in [0.05, 0.1) is 0 Å². The zero-order valence-electron chi connectivity index (χ0n) is 12.4. The van der Waals surface area contributed by atoms with Crippen molar-refractivity contribution in [2.45, 2.75) is 46.0 Å². The van der Waals surface area contributed by atoms with Gasteiger partial charge in [0.15, 0.2) is 0 Å². The van der Waals surface area contributed by atoms with Crippen molar-refractivity contribution in [3.63, 3.8) is 0 Å². The number of amides is 1. The average Bonchev–Trinajstić information content (AvgIpc) is 2.40. The molecule has 0 saturated carbocycles. The van der Waals surface area contributed by atoms with E-state index in [1.54, 1.807) is 0 Å². The molecule has 0 aromatic heterocycles. The van der Waals surface area contributed by atoms with E-state index in [0.29, 0.717) is 11.8 Å². The lowest BCUT2D eigenvalue weighted by Gasteiger charge is -2.33. The SMILES string of the molecule is CC1CCN(C(=O)CC(C)C2CCNCC2)CC1.Cl. The molecular formula is C15H29ClN2O. The molecule has 2 saturated heterocycles. The maximum absolute atomic E-state index is 12.3. The lowest BCUT2D eigenvalue weighted by Crippen LogP contribution is -2.39. The van der Waals surface area contributed by atoms with Crippen molar-refractivity contribution in [2.75, 3.05) is 26.2 Å². The fourth-order valence-corrected chi connectivity index (χ4v) is 3.24. The molecule has 4 heteroatoms. The van der Waals surface area contributed by atoms with Gasteiger partial charge in [0.1, 0.15) is 0 Å². The summed E-state index contributed by atoms with van der Waals surface area (Å²) in [6, 6.07) is 0. The normalized spacial score (nSPS) is 23.8. The standard InChI is InChI=1S/C15H28N2O.ClH/c1-12-5-9-17(10-6-12)15(18)11-13(2)14-3-7-16-8-4-14;/h12-14,16H,3-11H2,1-2H3;1H. The Balaban J connectivity index is 0.00000180. The van der Waals surface area contributed by atoms with Crippen molar-refractivity contribution in [2.24, 2.45) is 17.8 Å². The van der Waals surface area contributed by atoms with E-state index in [-0.39, 0.29) is 12.4 Å². The Morgan fingerprint density at radius 3 is 2.37 bits per heavy atom. The Morgan fingerprint density at radius 1 is 1.21 bits per heavy atom. The van der Waals surface area contributed by atoms with Crippen LogP contribution in [0.2, 0.25) is 0 Å². The molecule has 2 rings (SSSR count). The summed E-state index contributed by atoms with van der Waals surface area (Å²) in [5.41, 5.74) is 0. The van der Waals surface area contributed by atoms with Crippen LogP contribution in [-0.4, -0.2) is 37.0 Å². The van der Waals surface area contributed by atoms with Gasteiger partial charge in [-0.25, -0.2) is 0 Å². The van der Waals surface area contributed by atoms with E-state index in [9.17, 15) is 4.79 Å². The van der Waals surface area contributed by atoms with Crippen LogP contribution in [-0.2, 0) is 4.79 Å². The van der Waals surface area contributed by atoms with Gasteiger partial charge >= 0.3 is 0 Å². The predicted octanol–water partition coefficient (Wildman–Crippen LogP) is 2.69. The Labute approximate surface area is 123 Å². The van der Waals surface area contributed by atoms with Crippen LogP contribution >= 0.6 is 12.4 Å². The number of likely N-dealkylation sites (tertiary alicyclic amines) is 1. The second-order valence-corrected chi connectivity index (χ2v) is 6.33. The highest BCUT2D eigenvalue weighted by atomic mass is 35.5. The van der Waals surface area contributed by atoms with E-state index in [2.05, 4.69) is 24.1 Å². The molecule has 19 heavy (non-hydrogen) atoms. The summed E-state index contributed by atoms with van der Waals surface area (Å²) in [6.45, 7) is 8.78. The number of halogens is 1. The van der Waals surface area contributed by atoms with Gasteiger partial charge in [-0.15, -0.1) is 12.4 Å². The third kappa shape index (κ3) is 4.96. The van der Waals surface area contributed by atoms with Gasteiger partial charge in [-0.3, -0.25) is 4.79 Å². The van der Waals surface area contributed by atoms with E-state index < -0.39 is 0 Å². The summed E-state index contributed by atoms with van der Waals surface area (Å²) >= 11 is 0. The molecule has 1 N–H and O–H groups in total. The van der Waals surface area contributed by atoms with Crippen LogP contribution in [0.15, 0.2) is 0 Å². The third-order valence-electron chi connectivity index (χ3n) is 4.82. The van der Waals surface area contributed by atoms with Gasteiger partial charge in [0.25, 0.3) is 0 Å². The van der Waals surface area contributed by atoms with E-state index in [1.807, 2.05) is 0 Å². The molecule has 0 aromatic rings. The lowest BCUT2D eigenvalue weighted by atomic mass is 9.83. The molecule has 0 aromatic carbocycles. The topological polar surface area (TPSA) is 32.3 Å². The number of piperidine rings is 2. The van der Waals surface area contributed by atoms with Crippen molar-refractivity contribution < 1.29 is 4.79 Å². The van der Waals surface area contributed by atoms with Crippen LogP contribution in [0.5, 0.6) is 0 Å². The smallest absolute Gasteiger partial charge is 0.222 e. The molecular weight excluding hydrogens is 260 g/mol. The highest BCUT2D eigenvalue weighted by Crippen LogP contribution is 2.26. The van der Waals surface area contributed by atoms with Gasteiger partial charge in [-0.05, 0) is 56.5 Å².